The molecule has 7 heteroatoms. The Bertz CT molecular complexity index is 345. The second-order valence-electron chi connectivity index (χ2n) is 3.72. The summed E-state index contributed by atoms with van der Waals surface area (Å²) in [5.74, 6) is 1.31. The van der Waals surface area contributed by atoms with Gasteiger partial charge < -0.3 is 35.3 Å². The van der Waals surface area contributed by atoms with E-state index in [1.165, 1.54) is 0 Å². The zero-order valence-corrected chi connectivity index (χ0v) is 11.2. The topological polar surface area (TPSA) is 64.3 Å². The Hall–Kier alpha value is -0.620. The molecule has 2 heterocycles. The molecule has 17 heavy (non-hydrogen) atoms. The first-order valence-electron chi connectivity index (χ1n) is 5.14. The molecule has 98 valence electrons. The van der Waals surface area contributed by atoms with Gasteiger partial charge in [-0.15, -0.1) is 0 Å². The van der Waals surface area contributed by atoms with Gasteiger partial charge in [0.05, 0.1) is 13.2 Å². The standard InChI is InChI=1S/C10H16N4O.2ClH/c1-8-12-6-9(10(11)13-8)7-14-2-4-15-5-3-14;;/h6H,2-5,7H2,1H3,(H2,11,12,13);2*1H/p-2. The van der Waals surface area contributed by atoms with E-state index in [9.17, 15) is 0 Å². The van der Waals surface area contributed by atoms with E-state index in [1.54, 1.807) is 0 Å². The highest BCUT2D eigenvalue weighted by molar-refractivity contribution is 5.37. The van der Waals surface area contributed by atoms with E-state index in [4.69, 9.17) is 10.5 Å². The van der Waals surface area contributed by atoms with Gasteiger partial charge in [-0.1, -0.05) is 0 Å². The highest BCUT2D eigenvalue weighted by Crippen LogP contribution is 2.11. The van der Waals surface area contributed by atoms with E-state index < -0.39 is 0 Å². The van der Waals surface area contributed by atoms with E-state index in [0.29, 0.717) is 5.82 Å². The second-order valence-corrected chi connectivity index (χ2v) is 3.72. The first kappa shape index (κ1) is 16.4. The Kier molecular flexibility index (Phi) is 7.38. The van der Waals surface area contributed by atoms with Gasteiger partial charge in [-0.2, -0.15) is 0 Å². The average molecular weight is 279 g/mol. The van der Waals surface area contributed by atoms with Crippen LogP contribution in [0.25, 0.3) is 0 Å². The SMILES string of the molecule is Cc1ncc(CN2CCOCC2)c(N)n1.[Cl-].[Cl-]. The first-order chi connectivity index (χ1) is 7.25. The molecule has 0 atom stereocenters. The zero-order chi connectivity index (χ0) is 10.7. The maximum absolute atomic E-state index is 5.83. The molecule has 1 aliphatic heterocycles. The second kappa shape index (κ2) is 7.66. The minimum atomic E-state index is 0. The number of hydrogen-bond acceptors (Lipinski definition) is 5. The number of ether oxygens (including phenoxy) is 1. The third kappa shape index (κ3) is 4.63. The van der Waals surface area contributed by atoms with Gasteiger partial charge in [-0.25, -0.2) is 9.97 Å². The average Bonchev–Trinajstić information content (AvgIpc) is 2.24. The third-order valence-electron chi connectivity index (χ3n) is 2.52. The quantitative estimate of drug-likeness (QED) is 0.584. The molecule has 0 amide bonds. The molecule has 0 aliphatic carbocycles. The van der Waals surface area contributed by atoms with Crippen LogP contribution in [0.3, 0.4) is 0 Å². The van der Waals surface area contributed by atoms with Gasteiger partial charge in [0.15, 0.2) is 0 Å². The van der Waals surface area contributed by atoms with Crippen LogP contribution in [0.15, 0.2) is 6.20 Å². The van der Waals surface area contributed by atoms with Crippen molar-refractivity contribution in [3.05, 3.63) is 17.6 Å². The molecule has 1 fully saturated rings. The molecule has 0 aromatic carbocycles. The van der Waals surface area contributed by atoms with Crippen molar-refractivity contribution >= 4 is 5.82 Å². The summed E-state index contributed by atoms with van der Waals surface area (Å²) in [6, 6.07) is 0. The molecule has 1 aliphatic rings. The number of morpholine rings is 1. The van der Waals surface area contributed by atoms with Crippen LogP contribution >= 0.6 is 0 Å². The fourth-order valence-electron chi connectivity index (χ4n) is 1.63. The summed E-state index contributed by atoms with van der Waals surface area (Å²) in [5.41, 5.74) is 6.83. The number of aromatic nitrogens is 2. The predicted molar refractivity (Wildman–Crippen MR) is 57.3 cm³/mol. The number of hydrogen-bond donors (Lipinski definition) is 1. The van der Waals surface area contributed by atoms with Crippen molar-refractivity contribution in [3.63, 3.8) is 0 Å². The molecular formula is C10H16Cl2N4O-2. The largest absolute Gasteiger partial charge is 1.00 e. The van der Waals surface area contributed by atoms with E-state index in [0.717, 1.165) is 44.2 Å². The van der Waals surface area contributed by atoms with Gasteiger partial charge in [0.1, 0.15) is 11.6 Å². The van der Waals surface area contributed by atoms with E-state index >= 15 is 0 Å². The zero-order valence-electron chi connectivity index (χ0n) is 9.70. The Labute approximate surface area is 114 Å². The van der Waals surface area contributed by atoms with Crippen LogP contribution in [0.1, 0.15) is 11.4 Å². The van der Waals surface area contributed by atoms with Gasteiger partial charge in [0.2, 0.25) is 0 Å². The fourth-order valence-corrected chi connectivity index (χ4v) is 1.63. The van der Waals surface area contributed by atoms with Gasteiger partial charge in [-0.3, -0.25) is 4.90 Å². The van der Waals surface area contributed by atoms with Gasteiger partial charge in [0, 0.05) is 31.4 Å². The monoisotopic (exact) mass is 278 g/mol. The number of nitrogens with zero attached hydrogens (tertiary/aromatic N) is 3. The summed E-state index contributed by atoms with van der Waals surface area (Å²) in [4.78, 5) is 10.6. The molecule has 0 radical (unpaired) electrons. The van der Waals surface area contributed by atoms with Crippen molar-refractivity contribution in [2.24, 2.45) is 0 Å². The predicted octanol–water partition coefficient (Wildman–Crippen LogP) is -5.79. The lowest BCUT2D eigenvalue weighted by atomic mass is 10.2. The molecule has 5 nitrogen and oxygen atoms in total. The Morgan fingerprint density at radius 1 is 1.35 bits per heavy atom. The lowest BCUT2D eigenvalue weighted by Gasteiger charge is -2.26. The molecule has 1 aromatic rings. The maximum Gasteiger partial charge on any atom is 0.131 e. The lowest BCUT2D eigenvalue weighted by molar-refractivity contribution is -0.001000. The van der Waals surface area contributed by atoms with Crippen LogP contribution in [-0.4, -0.2) is 41.2 Å². The van der Waals surface area contributed by atoms with Crippen molar-refractivity contribution in [1.29, 1.82) is 0 Å². The van der Waals surface area contributed by atoms with Crippen molar-refractivity contribution in [2.75, 3.05) is 32.0 Å². The van der Waals surface area contributed by atoms with Crippen LogP contribution in [-0.2, 0) is 11.3 Å². The van der Waals surface area contributed by atoms with Crippen molar-refractivity contribution < 1.29 is 29.6 Å². The molecule has 2 rings (SSSR count). The van der Waals surface area contributed by atoms with Crippen LogP contribution in [0, 0.1) is 6.92 Å². The van der Waals surface area contributed by atoms with Crippen LogP contribution in [0.2, 0.25) is 0 Å². The summed E-state index contributed by atoms with van der Waals surface area (Å²) in [5, 5.41) is 0. The molecule has 0 bridgehead atoms. The van der Waals surface area contributed by atoms with Gasteiger partial charge in [0.25, 0.3) is 0 Å². The lowest BCUT2D eigenvalue weighted by Crippen LogP contribution is -3.00. The van der Waals surface area contributed by atoms with Crippen LogP contribution < -0.4 is 30.5 Å². The maximum atomic E-state index is 5.83. The van der Waals surface area contributed by atoms with Crippen molar-refractivity contribution in [3.8, 4) is 0 Å². The number of aryl methyl sites for hydroxylation is 1. The number of halogens is 2. The van der Waals surface area contributed by atoms with Gasteiger partial charge in [-0.05, 0) is 6.92 Å². The normalized spacial score (nSPS) is 15.8. The molecular weight excluding hydrogens is 263 g/mol. The van der Waals surface area contributed by atoms with E-state index in [2.05, 4.69) is 14.9 Å². The van der Waals surface area contributed by atoms with E-state index in [1.807, 2.05) is 13.1 Å². The van der Waals surface area contributed by atoms with Crippen molar-refractivity contribution in [2.45, 2.75) is 13.5 Å². The number of nitrogen functional groups attached to an aromatic ring is 1. The molecule has 2 N–H and O–H groups in total. The molecule has 1 saturated heterocycles. The summed E-state index contributed by atoms with van der Waals surface area (Å²) in [6.07, 6.45) is 1.81. The molecule has 0 spiro atoms. The number of rotatable bonds is 2. The molecule has 0 unspecified atom stereocenters. The fraction of sp³-hybridized carbons (Fsp3) is 0.600. The Morgan fingerprint density at radius 2 is 2.00 bits per heavy atom. The molecule has 1 aromatic heterocycles. The summed E-state index contributed by atoms with van der Waals surface area (Å²) < 4.78 is 5.28. The number of nitrogens with two attached hydrogens (primary N) is 1. The highest BCUT2D eigenvalue weighted by Gasteiger charge is 2.12. The summed E-state index contributed by atoms with van der Waals surface area (Å²) >= 11 is 0. The van der Waals surface area contributed by atoms with Crippen LogP contribution in [0.4, 0.5) is 5.82 Å². The van der Waals surface area contributed by atoms with Crippen LogP contribution in [0.5, 0.6) is 0 Å². The summed E-state index contributed by atoms with van der Waals surface area (Å²) in [6.45, 7) is 6.16. The van der Waals surface area contributed by atoms with Crippen molar-refractivity contribution in [1.82, 2.24) is 14.9 Å². The third-order valence-corrected chi connectivity index (χ3v) is 2.52. The van der Waals surface area contributed by atoms with E-state index in [-0.39, 0.29) is 24.8 Å². The smallest absolute Gasteiger partial charge is 0.131 e. The Balaban J connectivity index is 0.00000128. The summed E-state index contributed by atoms with van der Waals surface area (Å²) in [7, 11) is 0. The Morgan fingerprint density at radius 3 is 2.59 bits per heavy atom. The minimum Gasteiger partial charge on any atom is -1.00 e. The first-order valence-corrected chi connectivity index (χ1v) is 5.14. The minimum absolute atomic E-state index is 0. The highest BCUT2D eigenvalue weighted by atomic mass is 35.5. The molecule has 0 saturated carbocycles. The number of anilines is 1. The van der Waals surface area contributed by atoms with Gasteiger partial charge >= 0.3 is 0 Å².